The van der Waals surface area contributed by atoms with Crippen LogP contribution in [-0.4, -0.2) is 4.98 Å². The van der Waals surface area contributed by atoms with Gasteiger partial charge in [0.1, 0.15) is 18.3 Å². The van der Waals surface area contributed by atoms with Crippen LogP contribution in [0.3, 0.4) is 0 Å². The predicted octanol–water partition coefficient (Wildman–Crippen LogP) is 3.96. The Bertz CT molecular complexity index is 848. The van der Waals surface area contributed by atoms with Gasteiger partial charge in [-0.3, -0.25) is 0 Å². The van der Waals surface area contributed by atoms with Crippen molar-refractivity contribution in [2.75, 3.05) is 0 Å². The zero-order valence-corrected chi connectivity index (χ0v) is 13.4. The highest BCUT2D eigenvalue weighted by atomic mass is 15.0. The Morgan fingerprint density at radius 2 is 1.67 bits per heavy atom. The van der Waals surface area contributed by atoms with Gasteiger partial charge in [-0.25, -0.2) is 4.98 Å². The van der Waals surface area contributed by atoms with E-state index in [2.05, 4.69) is 69.6 Å². The third-order valence-electron chi connectivity index (χ3n) is 4.28. The highest BCUT2D eigenvalue weighted by Crippen LogP contribution is 2.27. The van der Waals surface area contributed by atoms with Gasteiger partial charge in [-0.2, -0.15) is 4.57 Å². The van der Waals surface area contributed by atoms with Crippen molar-refractivity contribution >= 4 is 11.0 Å². The first kappa shape index (κ1) is 13.7. The molecule has 0 aliphatic heterocycles. The van der Waals surface area contributed by atoms with E-state index in [-0.39, 0.29) is 0 Å². The topological polar surface area (TPSA) is 16.8 Å². The molecule has 106 valence electrons. The molecule has 2 heteroatoms. The van der Waals surface area contributed by atoms with E-state index in [1.54, 1.807) is 0 Å². The van der Waals surface area contributed by atoms with Crippen LogP contribution in [0.5, 0.6) is 0 Å². The van der Waals surface area contributed by atoms with E-state index in [1.807, 2.05) is 6.07 Å². The van der Waals surface area contributed by atoms with Crippen LogP contribution >= 0.6 is 0 Å². The van der Waals surface area contributed by atoms with Crippen molar-refractivity contribution < 1.29 is 4.57 Å². The van der Waals surface area contributed by atoms with Crippen LogP contribution < -0.4 is 4.57 Å². The normalized spacial score (nSPS) is 11.1. The molecule has 1 heterocycles. The van der Waals surface area contributed by atoms with E-state index in [9.17, 15) is 0 Å². The van der Waals surface area contributed by atoms with Gasteiger partial charge >= 0.3 is 0 Å². The summed E-state index contributed by atoms with van der Waals surface area (Å²) in [6, 6.07) is 12.8. The lowest BCUT2D eigenvalue weighted by Crippen LogP contribution is -2.34. The highest BCUT2D eigenvalue weighted by molar-refractivity contribution is 5.74. The molecule has 2 aromatic carbocycles. The molecule has 1 aromatic heterocycles. The van der Waals surface area contributed by atoms with Crippen molar-refractivity contribution in [3.8, 4) is 11.3 Å². The van der Waals surface area contributed by atoms with Crippen LogP contribution in [0.15, 0.2) is 36.4 Å². The van der Waals surface area contributed by atoms with Crippen LogP contribution in [0.2, 0.25) is 0 Å². The Balaban J connectivity index is 2.41. The fourth-order valence-corrected chi connectivity index (χ4v) is 3.10. The van der Waals surface area contributed by atoms with Gasteiger partial charge in [0.05, 0.1) is 5.56 Å². The highest BCUT2D eigenvalue weighted by Gasteiger charge is 2.21. The Morgan fingerprint density at radius 3 is 2.43 bits per heavy atom. The quantitative estimate of drug-likeness (QED) is 0.615. The Morgan fingerprint density at radius 1 is 0.952 bits per heavy atom. The maximum absolute atomic E-state index is 4.79. The molecule has 0 unspecified atom stereocenters. The molecule has 3 aromatic rings. The minimum atomic E-state index is 1.04. The zero-order chi connectivity index (χ0) is 15.1. The number of para-hydroxylation sites is 2. The van der Waals surface area contributed by atoms with Crippen molar-refractivity contribution in [2.45, 2.75) is 27.7 Å². The standard InChI is InChI=1S/C19H21N2/c1-12-10-13(2)14(3)16(11-12)19-15(4)20-17-8-6-7-9-18(17)21(19)5/h6-11H,1-5H3/q+1. The molecular weight excluding hydrogens is 256 g/mol. The minimum absolute atomic E-state index is 1.04. The van der Waals surface area contributed by atoms with E-state index in [0.717, 1.165) is 16.7 Å². The van der Waals surface area contributed by atoms with E-state index < -0.39 is 0 Å². The first-order valence-corrected chi connectivity index (χ1v) is 7.32. The summed E-state index contributed by atoms with van der Waals surface area (Å²) in [6.07, 6.45) is 0. The van der Waals surface area contributed by atoms with Crippen LogP contribution in [0.4, 0.5) is 0 Å². The largest absolute Gasteiger partial charge is 0.240 e. The van der Waals surface area contributed by atoms with Gasteiger partial charge in [-0.05, 0) is 51.0 Å². The molecule has 0 fully saturated rings. The number of fused-ring (bicyclic) bond motifs is 1. The SMILES string of the molecule is Cc1cc(C)c(C)c(-c2c(C)nc3ccccc3[n+]2C)c1. The Kier molecular flexibility index (Phi) is 3.25. The molecular formula is C19H21N2+. The van der Waals surface area contributed by atoms with E-state index in [1.165, 1.54) is 27.9 Å². The Labute approximate surface area is 126 Å². The molecule has 0 N–H and O–H groups in total. The minimum Gasteiger partial charge on any atom is -0.240 e. The van der Waals surface area contributed by atoms with Crippen LogP contribution in [-0.2, 0) is 7.05 Å². The lowest BCUT2D eigenvalue weighted by molar-refractivity contribution is -0.634. The van der Waals surface area contributed by atoms with Gasteiger partial charge in [0.25, 0.3) is 0 Å². The third kappa shape index (κ3) is 2.21. The smallest absolute Gasteiger partial charge is 0.234 e. The van der Waals surface area contributed by atoms with E-state index in [0.29, 0.717) is 0 Å². The number of aryl methyl sites for hydroxylation is 4. The first-order valence-electron chi connectivity index (χ1n) is 7.32. The summed E-state index contributed by atoms with van der Waals surface area (Å²) in [5.41, 5.74) is 9.72. The maximum atomic E-state index is 4.79. The summed E-state index contributed by atoms with van der Waals surface area (Å²) in [7, 11) is 2.13. The van der Waals surface area contributed by atoms with E-state index in [4.69, 9.17) is 4.98 Å². The number of hydrogen-bond donors (Lipinski definition) is 0. The third-order valence-corrected chi connectivity index (χ3v) is 4.28. The van der Waals surface area contributed by atoms with Crippen LogP contribution in [0, 0.1) is 27.7 Å². The van der Waals surface area contributed by atoms with Crippen molar-refractivity contribution in [1.29, 1.82) is 0 Å². The second-order valence-corrected chi connectivity index (χ2v) is 5.85. The number of aromatic nitrogens is 2. The molecule has 0 bridgehead atoms. The molecule has 0 saturated heterocycles. The van der Waals surface area contributed by atoms with E-state index >= 15 is 0 Å². The first-order chi connectivity index (χ1) is 9.99. The summed E-state index contributed by atoms with van der Waals surface area (Å²) in [5.74, 6) is 0. The lowest BCUT2D eigenvalue weighted by Gasteiger charge is -2.11. The van der Waals surface area contributed by atoms with Crippen molar-refractivity contribution in [1.82, 2.24) is 4.98 Å². The summed E-state index contributed by atoms with van der Waals surface area (Å²) in [5, 5.41) is 0. The molecule has 0 atom stereocenters. The van der Waals surface area contributed by atoms with Crippen molar-refractivity contribution in [3.63, 3.8) is 0 Å². The molecule has 21 heavy (non-hydrogen) atoms. The molecule has 0 aliphatic rings. The second kappa shape index (κ2) is 4.96. The van der Waals surface area contributed by atoms with Gasteiger partial charge in [0.15, 0.2) is 0 Å². The van der Waals surface area contributed by atoms with Gasteiger partial charge < -0.3 is 0 Å². The van der Waals surface area contributed by atoms with Gasteiger partial charge in [-0.15, -0.1) is 0 Å². The lowest BCUT2D eigenvalue weighted by atomic mass is 9.96. The fourth-order valence-electron chi connectivity index (χ4n) is 3.10. The average molecular weight is 277 g/mol. The van der Waals surface area contributed by atoms with Gasteiger partial charge in [-0.1, -0.05) is 23.8 Å². The van der Waals surface area contributed by atoms with Crippen molar-refractivity contribution in [3.05, 3.63) is 58.8 Å². The molecule has 0 amide bonds. The monoisotopic (exact) mass is 277 g/mol. The molecule has 2 nitrogen and oxygen atoms in total. The average Bonchev–Trinajstić information content (AvgIpc) is 2.44. The van der Waals surface area contributed by atoms with Gasteiger partial charge in [0.2, 0.25) is 11.2 Å². The summed E-state index contributed by atoms with van der Waals surface area (Å²) < 4.78 is 2.26. The molecule has 3 rings (SSSR count). The molecule has 0 saturated carbocycles. The number of benzene rings is 2. The molecule has 0 radical (unpaired) electrons. The number of hydrogen-bond acceptors (Lipinski definition) is 1. The predicted molar refractivity (Wildman–Crippen MR) is 87.3 cm³/mol. The fraction of sp³-hybridized carbons (Fsp3) is 0.263. The summed E-state index contributed by atoms with van der Waals surface area (Å²) in [4.78, 5) is 4.79. The molecule has 0 spiro atoms. The second-order valence-electron chi connectivity index (χ2n) is 5.85. The van der Waals surface area contributed by atoms with Crippen molar-refractivity contribution in [2.24, 2.45) is 7.05 Å². The maximum Gasteiger partial charge on any atom is 0.234 e. The summed E-state index contributed by atoms with van der Waals surface area (Å²) >= 11 is 0. The number of rotatable bonds is 1. The van der Waals surface area contributed by atoms with Crippen LogP contribution in [0.25, 0.3) is 22.3 Å². The number of nitrogens with zero attached hydrogens (tertiary/aromatic N) is 2. The van der Waals surface area contributed by atoms with Gasteiger partial charge in [0, 0.05) is 6.07 Å². The zero-order valence-electron chi connectivity index (χ0n) is 13.4. The Hall–Kier alpha value is -2.22. The molecule has 0 aliphatic carbocycles. The summed E-state index contributed by atoms with van der Waals surface area (Å²) in [6.45, 7) is 8.62. The van der Waals surface area contributed by atoms with Crippen LogP contribution in [0.1, 0.15) is 22.4 Å².